The first kappa shape index (κ1) is 15.9. The van der Waals surface area contributed by atoms with E-state index in [1.54, 1.807) is 18.9 Å². The molecule has 100 valence electrons. The highest BCUT2D eigenvalue weighted by Crippen LogP contribution is 1.97. The molecular formula is C12H25N3O2. The van der Waals surface area contributed by atoms with Crippen molar-refractivity contribution in [2.24, 2.45) is 0 Å². The molecule has 2 amide bonds. The van der Waals surface area contributed by atoms with Crippen LogP contribution < -0.4 is 10.6 Å². The molecule has 1 unspecified atom stereocenters. The lowest BCUT2D eigenvalue weighted by Crippen LogP contribution is -2.50. The zero-order chi connectivity index (χ0) is 13.6. The summed E-state index contributed by atoms with van der Waals surface area (Å²) in [5, 5.41) is 5.75. The topological polar surface area (TPSA) is 61.4 Å². The van der Waals surface area contributed by atoms with Crippen molar-refractivity contribution in [3.63, 3.8) is 0 Å². The molecule has 0 heterocycles. The van der Waals surface area contributed by atoms with E-state index in [0.717, 1.165) is 0 Å². The zero-order valence-electron chi connectivity index (χ0n) is 11.8. The van der Waals surface area contributed by atoms with Crippen LogP contribution in [0.15, 0.2) is 0 Å². The number of amides is 2. The maximum atomic E-state index is 11.7. The molecular weight excluding hydrogens is 218 g/mol. The first-order chi connectivity index (χ1) is 7.67. The highest BCUT2D eigenvalue weighted by molar-refractivity contribution is 5.87. The Bertz CT molecular complexity index is 271. The lowest BCUT2D eigenvalue weighted by molar-refractivity contribution is -0.134. The standard InChI is InChI=1S/C12H25N3O2/c1-7-15(6)11(17)9(2)14-10(16)8-13-12(3,4)5/h9,13H,7-8H2,1-6H3,(H,14,16). The van der Waals surface area contributed by atoms with E-state index in [0.29, 0.717) is 6.54 Å². The third-order valence-corrected chi connectivity index (χ3v) is 2.38. The highest BCUT2D eigenvalue weighted by Gasteiger charge is 2.19. The first-order valence-corrected chi connectivity index (χ1v) is 5.96. The average Bonchev–Trinajstić information content (AvgIpc) is 2.23. The van der Waals surface area contributed by atoms with Crippen LogP contribution in [0.25, 0.3) is 0 Å². The maximum absolute atomic E-state index is 11.7. The monoisotopic (exact) mass is 243 g/mol. The van der Waals surface area contributed by atoms with Crippen LogP contribution >= 0.6 is 0 Å². The van der Waals surface area contributed by atoms with Crippen molar-refractivity contribution in [3.05, 3.63) is 0 Å². The van der Waals surface area contributed by atoms with Gasteiger partial charge in [-0.25, -0.2) is 0 Å². The van der Waals surface area contributed by atoms with E-state index in [1.807, 2.05) is 27.7 Å². The summed E-state index contributed by atoms with van der Waals surface area (Å²) >= 11 is 0. The van der Waals surface area contributed by atoms with Gasteiger partial charge in [0.05, 0.1) is 6.54 Å². The lowest BCUT2D eigenvalue weighted by atomic mass is 10.1. The molecule has 0 saturated carbocycles. The van der Waals surface area contributed by atoms with Crippen LogP contribution in [0, 0.1) is 0 Å². The minimum absolute atomic E-state index is 0.0726. The number of nitrogens with one attached hydrogen (secondary N) is 2. The van der Waals surface area contributed by atoms with Crippen molar-refractivity contribution in [1.29, 1.82) is 0 Å². The predicted molar refractivity (Wildman–Crippen MR) is 68.7 cm³/mol. The van der Waals surface area contributed by atoms with Gasteiger partial charge < -0.3 is 15.5 Å². The maximum Gasteiger partial charge on any atom is 0.244 e. The molecule has 2 N–H and O–H groups in total. The molecule has 0 aromatic carbocycles. The second-order valence-corrected chi connectivity index (χ2v) is 5.25. The normalized spacial score (nSPS) is 13.1. The lowest BCUT2D eigenvalue weighted by Gasteiger charge is -2.23. The molecule has 5 nitrogen and oxygen atoms in total. The third kappa shape index (κ3) is 6.94. The Labute approximate surface area is 104 Å². The number of rotatable bonds is 5. The Morgan fingerprint density at radius 3 is 2.24 bits per heavy atom. The minimum atomic E-state index is -0.478. The highest BCUT2D eigenvalue weighted by atomic mass is 16.2. The number of hydrogen-bond acceptors (Lipinski definition) is 3. The van der Waals surface area contributed by atoms with Crippen molar-refractivity contribution in [2.45, 2.75) is 46.2 Å². The van der Waals surface area contributed by atoms with Crippen molar-refractivity contribution in [3.8, 4) is 0 Å². The molecule has 0 saturated heterocycles. The van der Waals surface area contributed by atoms with Crippen molar-refractivity contribution in [2.75, 3.05) is 20.1 Å². The molecule has 0 radical (unpaired) electrons. The van der Waals surface area contributed by atoms with Crippen LogP contribution in [0.3, 0.4) is 0 Å². The summed E-state index contributed by atoms with van der Waals surface area (Å²) < 4.78 is 0. The summed E-state index contributed by atoms with van der Waals surface area (Å²) in [5.74, 6) is -0.234. The fraction of sp³-hybridized carbons (Fsp3) is 0.833. The van der Waals surface area contributed by atoms with Crippen LogP contribution in [0.1, 0.15) is 34.6 Å². The molecule has 0 bridgehead atoms. The molecule has 0 aliphatic heterocycles. The molecule has 0 aliphatic rings. The van der Waals surface area contributed by atoms with E-state index in [1.165, 1.54) is 0 Å². The van der Waals surface area contributed by atoms with E-state index in [2.05, 4.69) is 10.6 Å². The van der Waals surface area contributed by atoms with E-state index < -0.39 is 6.04 Å². The second kappa shape index (κ2) is 6.59. The minimum Gasteiger partial charge on any atom is -0.344 e. The Morgan fingerprint density at radius 2 is 1.82 bits per heavy atom. The van der Waals surface area contributed by atoms with Crippen LogP contribution in [0.2, 0.25) is 0 Å². The second-order valence-electron chi connectivity index (χ2n) is 5.25. The van der Waals surface area contributed by atoms with Gasteiger partial charge in [0.1, 0.15) is 6.04 Å². The van der Waals surface area contributed by atoms with Crippen molar-refractivity contribution >= 4 is 11.8 Å². The Hall–Kier alpha value is -1.10. The average molecular weight is 243 g/mol. The van der Waals surface area contributed by atoms with Gasteiger partial charge in [-0.3, -0.25) is 9.59 Å². The smallest absolute Gasteiger partial charge is 0.244 e. The van der Waals surface area contributed by atoms with Gasteiger partial charge in [0.15, 0.2) is 0 Å². The van der Waals surface area contributed by atoms with E-state index in [4.69, 9.17) is 0 Å². The predicted octanol–water partition coefficient (Wildman–Crippen LogP) is 0.358. The van der Waals surface area contributed by atoms with E-state index in [-0.39, 0.29) is 23.9 Å². The molecule has 1 atom stereocenters. The third-order valence-electron chi connectivity index (χ3n) is 2.38. The van der Waals surface area contributed by atoms with Crippen LogP contribution in [0.4, 0.5) is 0 Å². The molecule has 0 aromatic heterocycles. The molecule has 0 rings (SSSR count). The summed E-state index contributed by atoms with van der Waals surface area (Å²) in [4.78, 5) is 24.9. The van der Waals surface area contributed by atoms with Crippen molar-refractivity contribution < 1.29 is 9.59 Å². The number of carbonyl (C=O) groups excluding carboxylic acids is 2. The van der Waals surface area contributed by atoms with Gasteiger partial charge in [-0.2, -0.15) is 0 Å². The molecule has 0 aliphatic carbocycles. The molecule has 5 heteroatoms. The van der Waals surface area contributed by atoms with Gasteiger partial charge in [-0.05, 0) is 34.6 Å². The zero-order valence-corrected chi connectivity index (χ0v) is 11.8. The summed E-state index contributed by atoms with van der Waals surface area (Å²) in [6.07, 6.45) is 0. The van der Waals surface area contributed by atoms with Crippen LogP contribution in [-0.4, -0.2) is 48.4 Å². The summed E-state index contributed by atoms with van der Waals surface area (Å²) in [6.45, 7) is 10.4. The SMILES string of the molecule is CCN(C)C(=O)C(C)NC(=O)CNC(C)(C)C. The van der Waals surface area contributed by atoms with E-state index >= 15 is 0 Å². The number of nitrogens with zero attached hydrogens (tertiary/aromatic N) is 1. The molecule has 0 aromatic rings. The van der Waals surface area contributed by atoms with Gasteiger partial charge in [0.25, 0.3) is 0 Å². The quantitative estimate of drug-likeness (QED) is 0.733. The van der Waals surface area contributed by atoms with E-state index in [9.17, 15) is 9.59 Å². The Kier molecular flexibility index (Phi) is 6.16. The summed E-state index contributed by atoms with van der Waals surface area (Å²) in [7, 11) is 1.72. The molecule has 0 fully saturated rings. The fourth-order valence-electron chi connectivity index (χ4n) is 1.19. The first-order valence-electron chi connectivity index (χ1n) is 5.96. The Balaban J connectivity index is 4.08. The largest absolute Gasteiger partial charge is 0.344 e. The van der Waals surface area contributed by atoms with Gasteiger partial charge in [0.2, 0.25) is 11.8 Å². The number of carbonyl (C=O) groups is 2. The van der Waals surface area contributed by atoms with Gasteiger partial charge in [-0.1, -0.05) is 0 Å². The van der Waals surface area contributed by atoms with Gasteiger partial charge >= 0.3 is 0 Å². The summed E-state index contributed by atoms with van der Waals surface area (Å²) in [5.41, 5.74) is -0.106. The number of hydrogen-bond donors (Lipinski definition) is 2. The van der Waals surface area contributed by atoms with Crippen LogP contribution in [-0.2, 0) is 9.59 Å². The number of likely N-dealkylation sites (N-methyl/N-ethyl adjacent to an activating group) is 1. The Morgan fingerprint density at radius 1 is 1.29 bits per heavy atom. The molecule has 17 heavy (non-hydrogen) atoms. The van der Waals surface area contributed by atoms with Crippen molar-refractivity contribution in [1.82, 2.24) is 15.5 Å². The van der Waals surface area contributed by atoms with Gasteiger partial charge in [-0.15, -0.1) is 0 Å². The molecule has 0 spiro atoms. The van der Waals surface area contributed by atoms with Crippen LogP contribution in [0.5, 0.6) is 0 Å². The fourth-order valence-corrected chi connectivity index (χ4v) is 1.19. The van der Waals surface area contributed by atoms with Gasteiger partial charge in [0, 0.05) is 19.1 Å². The summed E-state index contributed by atoms with van der Waals surface area (Å²) in [6, 6.07) is -0.478.